The SMILES string of the molecule is COc1ccccc1C1/C(=C(\O)c2cc(Cl)c(OC)c(Cl)c2OC)C(=O)C(=O)N1c1cccc(F)c1. The molecule has 1 heterocycles. The lowest BCUT2D eigenvalue weighted by Crippen LogP contribution is -2.29. The summed E-state index contributed by atoms with van der Waals surface area (Å²) < 4.78 is 30.2. The number of Topliss-reactive ketones (excluding diaryl/α,β-unsaturated/α-hetero) is 1. The van der Waals surface area contributed by atoms with Crippen LogP contribution < -0.4 is 19.1 Å². The average molecular weight is 532 g/mol. The van der Waals surface area contributed by atoms with E-state index >= 15 is 0 Å². The lowest BCUT2D eigenvalue weighted by molar-refractivity contribution is -0.132. The van der Waals surface area contributed by atoms with Crippen molar-refractivity contribution in [1.29, 1.82) is 0 Å². The zero-order valence-electron chi connectivity index (χ0n) is 19.3. The number of aliphatic hydroxyl groups is 1. The van der Waals surface area contributed by atoms with E-state index in [0.29, 0.717) is 11.3 Å². The second-order valence-electron chi connectivity index (χ2n) is 7.68. The summed E-state index contributed by atoms with van der Waals surface area (Å²) in [5.74, 6) is -2.75. The summed E-state index contributed by atoms with van der Waals surface area (Å²) in [5, 5.41) is 11.5. The number of benzene rings is 3. The molecule has 1 atom stereocenters. The van der Waals surface area contributed by atoms with Crippen molar-refractivity contribution in [2.45, 2.75) is 6.04 Å². The van der Waals surface area contributed by atoms with Crippen LogP contribution in [0.2, 0.25) is 10.0 Å². The highest BCUT2D eigenvalue weighted by Gasteiger charge is 2.48. The number of para-hydroxylation sites is 1. The van der Waals surface area contributed by atoms with Gasteiger partial charge in [-0.1, -0.05) is 47.5 Å². The molecule has 1 aliphatic heterocycles. The van der Waals surface area contributed by atoms with E-state index in [4.69, 9.17) is 37.4 Å². The van der Waals surface area contributed by atoms with Gasteiger partial charge in [0.05, 0.1) is 43.5 Å². The molecule has 0 saturated carbocycles. The first kappa shape index (κ1) is 25.3. The summed E-state index contributed by atoms with van der Waals surface area (Å²) in [6, 6.07) is 12.0. The molecular weight excluding hydrogens is 512 g/mol. The molecule has 3 aromatic carbocycles. The average Bonchev–Trinajstić information content (AvgIpc) is 3.13. The summed E-state index contributed by atoms with van der Waals surface area (Å²) in [6.45, 7) is 0. The number of hydrogen-bond donors (Lipinski definition) is 1. The maximum absolute atomic E-state index is 14.1. The first-order valence-electron chi connectivity index (χ1n) is 10.5. The number of ether oxygens (including phenoxy) is 3. The van der Waals surface area contributed by atoms with Gasteiger partial charge in [0.1, 0.15) is 22.3 Å². The molecule has 1 N–H and O–H groups in total. The predicted octanol–water partition coefficient (Wildman–Crippen LogP) is 5.78. The number of methoxy groups -OCH3 is 3. The van der Waals surface area contributed by atoms with E-state index in [0.717, 1.165) is 11.0 Å². The van der Waals surface area contributed by atoms with E-state index in [9.17, 15) is 19.1 Å². The molecule has 0 bridgehead atoms. The molecule has 1 amide bonds. The van der Waals surface area contributed by atoms with E-state index in [1.807, 2.05) is 0 Å². The Balaban J connectivity index is 2.06. The van der Waals surface area contributed by atoms with Crippen molar-refractivity contribution in [3.05, 3.63) is 87.2 Å². The Morgan fingerprint density at radius 1 is 0.944 bits per heavy atom. The highest BCUT2D eigenvalue weighted by atomic mass is 35.5. The van der Waals surface area contributed by atoms with Crippen molar-refractivity contribution in [3.8, 4) is 17.2 Å². The third-order valence-corrected chi connectivity index (χ3v) is 6.38. The zero-order chi connectivity index (χ0) is 26.1. The minimum atomic E-state index is -1.17. The first-order valence-corrected chi connectivity index (χ1v) is 11.3. The van der Waals surface area contributed by atoms with Gasteiger partial charge in [-0.05, 0) is 30.3 Å². The molecule has 1 saturated heterocycles. The van der Waals surface area contributed by atoms with Crippen molar-refractivity contribution in [3.63, 3.8) is 0 Å². The molecule has 0 aromatic heterocycles. The summed E-state index contributed by atoms with van der Waals surface area (Å²) >= 11 is 12.7. The number of anilines is 1. The summed E-state index contributed by atoms with van der Waals surface area (Å²) in [7, 11) is 4.10. The van der Waals surface area contributed by atoms with Crippen LogP contribution in [0.5, 0.6) is 17.2 Å². The van der Waals surface area contributed by atoms with E-state index < -0.39 is 29.3 Å². The number of carbonyl (C=O) groups excluding carboxylic acids is 2. The second kappa shape index (κ2) is 10.1. The van der Waals surface area contributed by atoms with Gasteiger partial charge in [-0.25, -0.2) is 4.39 Å². The van der Waals surface area contributed by atoms with Crippen molar-refractivity contribution in [2.75, 3.05) is 26.2 Å². The maximum Gasteiger partial charge on any atom is 0.300 e. The van der Waals surface area contributed by atoms with Gasteiger partial charge >= 0.3 is 0 Å². The van der Waals surface area contributed by atoms with Crippen molar-refractivity contribution in [1.82, 2.24) is 0 Å². The van der Waals surface area contributed by atoms with Gasteiger partial charge in [0.15, 0.2) is 11.5 Å². The van der Waals surface area contributed by atoms with Crippen LogP contribution in [0.1, 0.15) is 17.2 Å². The number of halogens is 3. The van der Waals surface area contributed by atoms with Gasteiger partial charge in [-0.3, -0.25) is 14.5 Å². The molecule has 7 nitrogen and oxygen atoms in total. The van der Waals surface area contributed by atoms with Crippen LogP contribution in [0.3, 0.4) is 0 Å². The van der Waals surface area contributed by atoms with Crippen LogP contribution >= 0.6 is 23.2 Å². The monoisotopic (exact) mass is 531 g/mol. The first-order chi connectivity index (χ1) is 17.2. The molecular formula is C26H20Cl2FNO6. The van der Waals surface area contributed by atoms with Crippen LogP contribution in [0.25, 0.3) is 5.76 Å². The van der Waals surface area contributed by atoms with Crippen LogP contribution in [0.15, 0.2) is 60.2 Å². The Labute approximate surface area is 216 Å². The normalized spacial score (nSPS) is 16.8. The van der Waals surface area contributed by atoms with E-state index in [1.165, 1.54) is 45.6 Å². The molecule has 10 heteroatoms. The minimum Gasteiger partial charge on any atom is -0.507 e. The van der Waals surface area contributed by atoms with Crippen molar-refractivity contribution in [2.24, 2.45) is 0 Å². The van der Waals surface area contributed by atoms with Crippen LogP contribution in [-0.2, 0) is 9.59 Å². The third-order valence-electron chi connectivity index (χ3n) is 5.76. The van der Waals surface area contributed by atoms with Crippen LogP contribution in [0, 0.1) is 5.82 Å². The summed E-state index contributed by atoms with van der Waals surface area (Å²) in [5.41, 5.74) is 0.175. The number of nitrogens with zero attached hydrogens (tertiary/aromatic N) is 1. The molecule has 0 aliphatic carbocycles. The van der Waals surface area contributed by atoms with E-state index in [-0.39, 0.29) is 38.4 Å². The van der Waals surface area contributed by atoms with E-state index in [1.54, 1.807) is 24.3 Å². The standard InChI is InChI=1S/C26H20Cl2FNO6/c1-34-18-10-5-4-9-15(18)21-19(23(32)26(33)30(21)14-8-6-7-13(29)11-14)22(31)16-12-17(27)25(36-3)20(28)24(16)35-2/h4-12,21,31H,1-3H3/b22-19+. The molecule has 36 heavy (non-hydrogen) atoms. The lowest BCUT2D eigenvalue weighted by Gasteiger charge is -2.27. The number of amides is 1. The van der Waals surface area contributed by atoms with Crippen molar-refractivity contribution >= 4 is 46.3 Å². The number of carbonyl (C=O) groups is 2. The van der Waals surface area contributed by atoms with Gasteiger partial charge in [0.25, 0.3) is 11.7 Å². The Morgan fingerprint density at radius 3 is 2.28 bits per heavy atom. The molecule has 0 radical (unpaired) electrons. The number of rotatable bonds is 6. The van der Waals surface area contributed by atoms with Crippen molar-refractivity contribution < 1.29 is 33.3 Å². The minimum absolute atomic E-state index is 0.0221. The Bertz CT molecular complexity index is 1410. The highest BCUT2D eigenvalue weighted by Crippen LogP contribution is 2.49. The molecule has 1 unspecified atom stereocenters. The maximum atomic E-state index is 14.1. The topological polar surface area (TPSA) is 85.3 Å². The number of ketones is 1. The fourth-order valence-corrected chi connectivity index (χ4v) is 4.89. The Kier molecular flexibility index (Phi) is 7.10. The zero-order valence-corrected chi connectivity index (χ0v) is 20.9. The molecule has 186 valence electrons. The molecule has 4 rings (SSSR count). The van der Waals surface area contributed by atoms with E-state index in [2.05, 4.69) is 0 Å². The quantitative estimate of drug-likeness (QED) is 0.246. The van der Waals surface area contributed by atoms with Gasteiger partial charge in [0, 0.05) is 11.3 Å². The molecule has 3 aromatic rings. The molecule has 1 aliphatic rings. The van der Waals surface area contributed by atoms with Gasteiger partial charge in [-0.2, -0.15) is 0 Å². The fraction of sp³-hybridized carbons (Fsp3) is 0.154. The van der Waals surface area contributed by atoms with Gasteiger partial charge < -0.3 is 19.3 Å². The van der Waals surface area contributed by atoms with Crippen LogP contribution in [0.4, 0.5) is 10.1 Å². The smallest absolute Gasteiger partial charge is 0.300 e. The number of aliphatic hydroxyl groups excluding tert-OH is 1. The third kappa shape index (κ3) is 4.12. The Hall–Kier alpha value is -3.75. The van der Waals surface area contributed by atoms with Gasteiger partial charge in [-0.15, -0.1) is 0 Å². The lowest BCUT2D eigenvalue weighted by atomic mass is 9.94. The fourth-order valence-electron chi connectivity index (χ4n) is 4.20. The second-order valence-corrected chi connectivity index (χ2v) is 8.46. The predicted molar refractivity (Wildman–Crippen MR) is 134 cm³/mol. The summed E-state index contributed by atoms with van der Waals surface area (Å²) in [6.07, 6.45) is 0. The summed E-state index contributed by atoms with van der Waals surface area (Å²) in [4.78, 5) is 27.8. The number of hydrogen-bond acceptors (Lipinski definition) is 6. The largest absolute Gasteiger partial charge is 0.507 e. The van der Waals surface area contributed by atoms with Crippen LogP contribution in [-0.4, -0.2) is 38.1 Å². The Morgan fingerprint density at radius 2 is 1.64 bits per heavy atom. The molecule has 0 spiro atoms. The molecule has 1 fully saturated rings. The van der Waals surface area contributed by atoms with Gasteiger partial charge in [0.2, 0.25) is 0 Å². The highest BCUT2D eigenvalue weighted by molar-refractivity contribution is 6.52.